The highest BCUT2D eigenvalue weighted by Gasteiger charge is 2.14. The minimum atomic E-state index is -0.484. The van der Waals surface area contributed by atoms with Crippen LogP contribution in [0.1, 0.15) is 20.4 Å². The Labute approximate surface area is 72.7 Å². The van der Waals surface area contributed by atoms with Gasteiger partial charge in [0.25, 0.3) is 5.91 Å². The number of hydrogen-bond donors (Lipinski definition) is 1. The van der Waals surface area contributed by atoms with E-state index in [-0.39, 0.29) is 0 Å². The Bertz CT molecular complexity index is 356. The molecule has 0 saturated carbocycles. The zero-order chi connectivity index (χ0) is 8.55. The number of fused-ring (bicyclic) bond motifs is 1. The summed E-state index contributed by atoms with van der Waals surface area (Å²) < 4.78 is 5.03. The van der Waals surface area contributed by atoms with Gasteiger partial charge in [-0.15, -0.1) is 11.3 Å². The van der Waals surface area contributed by atoms with Crippen molar-refractivity contribution in [3.05, 3.63) is 21.8 Å². The first-order chi connectivity index (χ1) is 5.77. The second-order valence-corrected chi connectivity index (χ2v) is 3.39. The summed E-state index contributed by atoms with van der Waals surface area (Å²) in [6.45, 7) is 0.483. The maximum atomic E-state index is 10.7. The normalized spacial score (nSPS) is 13.7. The molecule has 0 atom stereocenters. The van der Waals surface area contributed by atoms with Gasteiger partial charge in [-0.3, -0.25) is 4.79 Å². The third-order valence-corrected chi connectivity index (χ3v) is 2.53. The molecular weight excluding hydrogens is 176 g/mol. The molecule has 4 nitrogen and oxygen atoms in total. The van der Waals surface area contributed by atoms with Gasteiger partial charge < -0.3 is 10.5 Å². The van der Waals surface area contributed by atoms with Gasteiger partial charge in [-0.2, -0.15) is 0 Å². The van der Waals surface area contributed by atoms with E-state index < -0.39 is 5.91 Å². The Morgan fingerprint density at radius 2 is 2.58 bits per heavy atom. The van der Waals surface area contributed by atoms with Gasteiger partial charge in [0, 0.05) is 0 Å². The zero-order valence-electron chi connectivity index (χ0n) is 6.11. The molecule has 2 rings (SSSR count). The Kier molecular flexibility index (Phi) is 1.58. The smallest absolute Gasteiger partial charge is 0.277 e. The molecule has 0 aliphatic carbocycles. The Balaban J connectivity index is 2.46. The van der Waals surface area contributed by atoms with E-state index in [9.17, 15) is 4.79 Å². The number of amides is 1. The van der Waals surface area contributed by atoms with Crippen molar-refractivity contribution < 1.29 is 9.53 Å². The standard InChI is InChI=1S/C7H6N2O2S/c8-6(10)7-9-4-1-2-11-3-5(4)12-7/h1-2H,3H2,(H2,8,10). The predicted molar refractivity (Wildman–Crippen MR) is 44.5 cm³/mol. The minimum absolute atomic E-state index is 0.343. The summed E-state index contributed by atoms with van der Waals surface area (Å²) in [5, 5.41) is 0.343. The van der Waals surface area contributed by atoms with E-state index in [0.717, 1.165) is 10.6 Å². The first kappa shape index (κ1) is 7.30. The van der Waals surface area contributed by atoms with Crippen LogP contribution in [0.5, 0.6) is 0 Å². The van der Waals surface area contributed by atoms with Crippen molar-refractivity contribution in [1.29, 1.82) is 0 Å². The Hall–Kier alpha value is -1.36. The highest BCUT2D eigenvalue weighted by atomic mass is 32.1. The van der Waals surface area contributed by atoms with Gasteiger partial charge in [0.15, 0.2) is 5.01 Å². The lowest BCUT2D eigenvalue weighted by atomic mass is 10.3. The van der Waals surface area contributed by atoms with Crippen LogP contribution in [0.4, 0.5) is 0 Å². The molecule has 0 aromatic carbocycles. The van der Waals surface area contributed by atoms with Crippen LogP contribution in [0.3, 0.4) is 0 Å². The molecule has 62 valence electrons. The van der Waals surface area contributed by atoms with Gasteiger partial charge in [0.2, 0.25) is 0 Å². The van der Waals surface area contributed by atoms with Crippen LogP contribution < -0.4 is 5.73 Å². The minimum Gasteiger partial charge on any atom is -0.496 e. The molecule has 0 radical (unpaired) electrons. The lowest BCUT2D eigenvalue weighted by Crippen LogP contribution is -2.10. The van der Waals surface area contributed by atoms with Crippen molar-refractivity contribution in [1.82, 2.24) is 4.98 Å². The van der Waals surface area contributed by atoms with Gasteiger partial charge in [0.1, 0.15) is 6.61 Å². The maximum absolute atomic E-state index is 10.7. The molecular formula is C7H6N2O2S. The summed E-state index contributed by atoms with van der Waals surface area (Å²) in [6.07, 6.45) is 3.29. The number of ether oxygens (including phenoxy) is 1. The molecule has 12 heavy (non-hydrogen) atoms. The lowest BCUT2D eigenvalue weighted by Gasteiger charge is -2.02. The highest BCUT2D eigenvalue weighted by Crippen LogP contribution is 2.23. The van der Waals surface area contributed by atoms with Crippen LogP contribution >= 0.6 is 11.3 Å². The van der Waals surface area contributed by atoms with E-state index in [1.54, 1.807) is 12.3 Å². The predicted octanol–water partition coefficient (Wildman–Crippen LogP) is 0.743. The van der Waals surface area contributed by atoms with Crippen molar-refractivity contribution in [2.75, 3.05) is 0 Å². The van der Waals surface area contributed by atoms with Crippen molar-refractivity contribution in [3.8, 4) is 0 Å². The molecule has 2 N–H and O–H groups in total. The fourth-order valence-electron chi connectivity index (χ4n) is 0.939. The van der Waals surface area contributed by atoms with Gasteiger partial charge >= 0.3 is 0 Å². The van der Waals surface area contributed by atoms with E-state index >= 15 is 0 Å². The fraction of sp³-hybridized carbons (Fsp3) is 0.143. The molecule has 1 amide bonds. The molecule has 5 heteroatoms. The number of hydrogen-bond acceptors (Lipinski definition) is 4. The van der Waals surface area contributed by atoms with Gasteiger partial charge in [-0.25, -0.2) is 4.98 Å². The fourth-order valence-corrected chi connectivity index (χ4v) is 1.76. The van der Waals surface area contributed by atoms with Crippen LogP contribution in [0.2, 0.25) is 0 Å². The van der Waals surface area contributed by atoms with Crippen molar-refractivity contribution in [2.45, 2.75) is 6.61 Å². The van der Waals surface area contributed by atoms with E-state index in [1.165, 1.54) is 11.3 Å². The number of carbonyl (C=O) groups is 1. The Morgan fingerprint density at radius 1 is 1.75 bits per heavy atom. The van der Waals surface area contributed by atoms with E-state index in [2.05, 4.69) is 4.98 Å². The second-order valence-electron chi connectivity index (χ2n) is 2.31. The number of rotatable bonds is 1. The molecule has 0 spiro atoms. The van der Waals surface area contributed by atoms with Crippen LogP contribution in [0, 0.1) is 0 Å². The number of thiazole rings is 1. The summed E-state index contributed by atoms with van der Waals surface area (Å²) in [7, 11) is 0. The first-order valence-corrected chi connectivity index (χ1v) is 4.16. The van der Waals surface area contributed by atoms with Crippen molar-refractivity contribution in [2.24, 2.45) is 5.73 Å². The summed E-state index contributed by atoms with van der Waals surface area (Å²) in [5.74, 6) is -0.484. The van der Waals surface area contributed by atoms with Crippen molar-refractivity contribution >= 4 is 23.3 Å². The third-order valence-electron chi connectivity index (χ3n) is 1.47. The number of carbonyl (C=O) groups excluding carboxylic acids is 1. The summed E-state index contributed by atoms with van der Waals surface area (Å²) in [5.41, 5.74) is 5.86. The summed E-state index contributed by atoms with van der Waals surface area (Å²) in [6, 6.07) is 0. The average molecular weight is 182 g/mol. The van der Waals surface area contributed by atoms with Gasteiger partial charge in [-0.05, 0) is 6.08 Å². The SMILES string of the molecule is NC(=O)c1nc2c(s1)COC=C2. The molecule has 1 aromatic heterocycles. The second kappa shape index (κ2) is 2.60. The third kappa shape index (κ3) is 1.08. The van der Waals surface area contributed by atoms with Gasteiger partial charge in [-0.1, -0.05) is 0 Å². The number of aromatic nitrogens is 1. The van der Waals surface area contributed by atoms with Crippen LogP contribution in [-0.2, 0) is 11.3 Å². The van der Waals surface area contributed by atoms with E-state index in [0.29, 0.717) is 11.6 Å². The molecule has 1 aliphatic heterocycles. The molecule has 1 aliphatic rings. The number of nitrogens with two attached hydrogens (primary N) is 1. The van der Waals surface area contributed by atoms with Crippen LogP contribution in [0.25, 0.3) is 6.08 Å². The zero-order valence-corrected chi connectivity index (χ0v) is 6.93. The lowest BCUT2D eigenvalue weighted by molar-refractivity contribution is 0.1000. The molecule has 1 aromatic rings. The maximum Gasteiger partial charge on any atom is 0.277 e. The average Bonchev–Trinajstić information content (AvgIpc) is 2.46. The molecule has 0 fully saturated rings. The Morgan fingerprint density at radius 3 is 3.25 bits per heavy atom. The highest BCUT2D eigenvalue weighted by molar-refractivity contribution is 7.13. The molecule has 0 bridgehead atoms. The van der Waals surface area contributed by atoms with E-state index in [1.807, 2.05) is 0 Å². The number of primary amides is 1. The molecule has 2 heterocycles. The van der Waals surface area contributed by atoms with Crippen molar-refractivity contribution in [3.63, 3.8) is 0 Å². The van der Waals surface area contributed by atoms with Gasteiger partial charge in [0.05, 0.1) is 16.8 Å². The summed E-state index contributed by atoms with van der Waals surface area (Å²) >= 11 is 1.28. The molecule has 0 saturated heterocycles. The van der Waals surface area contributed by atoms with E-state index in [4.69, 9.17) is 10.5 Å². The largest absolute Gasteiger partial charge is 0.496 e. The van der Waals surface area contributed by atoms with Crippen LogP contribution in [-0.4, -0.2) is 10.9 Å². The summed E-state index contributed by atoms with van der Waals surface area (Å²) in [4.78, 5) is 15.7. The quantitative estimate of drug-likeness (QED) is 0.696. The topological polar surface area (TPSA) is 65.2 Å². The molecule has 0 unspecified atom stereocenters. The first-order valence-electron chi connectivity index (χ1n) is 3.35. The number of nitrogens with zero attached hydrogens (tertiary/aromatic N) is 1. The van der Waals surface area contributed by atoms with Crippen LogP contribution in [0.15, 0.2) is 6.26 Å². The monoisotopic (exact) mass is 182 g/mol.